The van der Waals surface area contributed by atoms with Crippen LogP contribution < -0.4 is 5.32 Å². The molecule has 2 nitrogen and oxygen atoms in total. The van der Waals surface area contributed by atoms with Gasteiger partial charge in [-0.25, -0.2) is 13.2 Å². The average Bonchev–Trinajstić information content (AvgIpc) is 2.36. The SMILES string of the molecule is N#Cc1ccc(Nc2cc(F)c(F)c(F)c2)cc1Cl. The van der Waals surface area contributed by atoms with E-state index < -0.39 is 17.5 Å². The molecule has 19 heavy (non-hydrogen) atoms. The van der Waals surface area contributed by atoms with Gasteiger partial charge < -0.3 is 5.32 Å². The Morgan fingerprint density at radius 3 is 2.16 bits per heavy atom. The van der Waals surface area contributed by atoms with Crippen LogP contribution >= 0.6 is 11.6 Å². The van der Waals surface area contributed by atoms with Crippen LogP contribution in [0.5, 0.6) is 0 Å². The summed E-state index contributed by atoms with van der Waals surface area (Å²) in [4.78, 5) is 0. The van der Waals surface area contributed by atoms with Crippen molar-refractivity contribution in [3.63, 3.8) is 0 Å². The van der Waals surface area contributed by atoms with E-state index in [9.17, 15) is 13.2 Å². The fourth-order valence-corrected chi connectivity index (χ4v) is 1.70. The molecule has 0 aliphatic heterocycles. The number of rotatable bonds is 2. The maximum atomic E-state index is 13.0. The molecule has 2 aromatic rings. The van der Waals surface area contributed by atoms with Gasteiger partial charge in [0.15, 0.2) is 17.5 Å². The lowest BCUT2D eigenvalue weighted by Crippen LogP contribution is -1.96. The van der Waals surface area contributed by atoms with E-state index in [1.807, 2.05) is 6.07 Å². The second-order valence-corrected chi connectivity index (χ2v) is 4.09. The first-order valence-corrected chi connectivity index (χ1v) is 5.50. The molecule has 0 aliphatic carbocycles. The molecule has 0 radical (unpaired) electrons. The Kier molecular flexibility index (Phi) is 3.63. The molecule has 0 unspecified atom stereocenters. The molecule has 6 heteroatoms. The van der Waals surface area contributed by atoms with Crippen LogP contribution in [0.15, 0.2) is 30.3 Å². The van der Waals surface area contributed by atoms with Crippen LogP contribution in [0.1, 0.15) is 5.56 Å². The maximum absolute atomic E-state index is 13.0. The van der Waals surface area contributed by atoms with Gasteiger partial charge in [0.1, 0.15) is 6.07 Å². The van der Waals surface area contributed by atoms with Gasteiger partial charge in [0.05, 0.1) is 10.6 Å². The highest BCUT2D eigenvalue weighted by molar-refractivity contribution is 6.32. The summed E-state index contributed by atoms with van der Waals surface area (Å²) in [5, 5.41) is 11.6. The topological polar surface area (TPSA) is 35.8 Å². The maximum Gasteiger partial charge on any atom is 0.194 e. The third-order valence-corrected chi connectivity index (χ3v) is 2.67. The molecule has 0 aromatic heterocycles. The summed E-state index contributed by atoms with van der Waals surface area (Å²) < 4.78 is 38.8. The smallest absolute Gasteiger partial charge is 0.194 e. The molecule has 0 aliphatic rings. The minimum Gasteiger partial charge on any atom is -0.355 e. The molecule has 1 N–H and O–H groups in total. The van der Waals surface area contributed by atoms with E-state index in [1.54, 1.807) is 0 Å². The molecular weight excluding hydrogens is 277 g/mol. The summed E-state index contributed by atoms with van der Waals surface area (Å²) in [5.41, 5.74) is 0.746. The molecule has 0 saturated heterocycles. The minimum absolute atomic E-state index is 0.0391. The average molecular weight is 283 g/mol. The minimum atomic E-state index is -1.52. The van der Waals surface area contributed by atoms with E-state index in [0.29, 0.717) is 5.69 Å². The lowest BCUT2D eigenvalue weighted by Gasteiger charge is -2.08. The van der Waals surface area contributed by atoms with E-state index in [0.717, 1.165) is 12.1 Å². The second-order valence-electron chi connectivity index (χ2n) is 3.69. The van der Waals surface area contributed by atoms with Crippen LogP contribution in [0.25, 0.3) is 0 Å². The fraction of sp³-hybridized carbons (Fsp3) is 0. The van der Waals surface area contributed by atoms with Crippen molar-refractivity contribution in [3.8, 4) is 6.07 Å². The summed E-state index contributed by atoms with van der Waals surface area (Å²) in [6, 6.07) is 7.94. The number of anilines is 2. The Bertz CT molecular complexity index is 657. The standard InChI is InChI=1S/C13H6ClF3N2/c14-10-3-8(2-1-7(10)6-18)19-9-4-11(15)13(17)12(16)5-9/h1-5,19H. The molecule has 96 valence electrons. The van der Waals surface area contributed by atoms with Crippen LogP contribution in [-0.4, -0.2) is 0 Å². The summed E-state index contributed by atoms with van der Waals surface area (Å²) >= 11 is 5.81. The summed E-state index contributed by atoms with van der Waals surface area (Å²) in [6.45, 7) is 0. The van der Waals surface area contributed by atoms with E-state index in [1.165, 1.54) is 18.2 Å². The normalized spacial score (nSPS) is 10.1. The van der Waals surface area contributed by atoms with Crippen LogP contribution in [-0.2, 0) is 0 Å². The van der Waals surface area contributed by atoms with Crippen LogP contribution in [0.2, 0.25) is 5.02 Å². The van der Waals surface area contributed by atoms with Gasteiger partial charge in [-0.3, -0.25) is 0 Å². The van der Waals surface area contributed by atoms with Gasteiger partial charge in [-0.1, -0.05) is 11.6 Å². The van der Waals surface area contributed by atoms with Gasteiger partial charge >= 0.3 is 0 Å². The van der Waals surface area contributed by atoms with Gasteiger partial charge in [0.25, 0.3) is 0 Å². The Morgan fingerprint density at radius 2 is 1.63 bits per heavy atom. The van der Waals surface area contributed by atoms with Crippen molar-refractivity contribution >= 4 is 23.0 Å². The second kappa shape index (κ2) is 5.21. The molecule has 0 heterocycles. The third kappa shape index (κ3) is 2.80. The number of hydrogen-bond donors (Lipinski definition) is 1. The first-order chi connectivity index (χ1) is 9.01. The zero-order valence-corrected chi connectivity index (χ0v) is 10.1. The Morgan fingerprint density at radius 1 is 1.00 bits per heavy atom. The number of nitrogens with one attached hydrogen (secondary N) is 1. The Hall–Kier alpha value is -2.19. The van der Waals surface area contributed by atoms with Gasteiger partial charge in [0, 0.05) is 23.5 Å². The third-order valence-electron chi connectivity index (χ3n) is 2.36. The summed E-state index contributed by atoms with van der Waals surface area (Å²) in [6.07, 6.45) is 0. The first-order valence-electron chi connectivity index (χ1n) is 5.12. The van der Waals surface area contributed by atoms with Crippen molar-refractivity contribution < 1.29 is 13.2 Å². The fourth-order valence-electron chi connectivity index (χ4n) is 1.48. The largest absolute Gasteiger partial charge is 0.355 e. The molecule has 0 saturated carbocycles. The molecule has 0 bridgehead atoms. The molecule has 0 spiro atoms. The van der Waals surface area contributed by atoms with Crippen molar-refractivity contribution in [1.29, 1.82) is 5.26 Å². The van der Waals surface area contributed by atoms with Gasteiger partial charge in [-0.05, 0) is 18.2 Å². The van der Waals surface area contributed by atoms with Crippen molar-refractivity contribution in [3.05, 3.63) is 58.4 Å². The molecule has 2 rings (SSSR count). The summed E-state index contributed by atoms with van der Waals surface area (Å²) in [7, 11) is 0. The van der Waals surface area contributed by atoms with E-state index in [2.05, 4.69) is 5.32 Å². The van der Waals surface area contributed by atoms with Crippen molar-refractivity contribution in [2.75, 3.05) is 5.32 Å². The molecule has 0 atom stereocenters. The van der Waals surface area contributed by atoms with Crippen molar-refractivity contribution in [2.45, 2.75) is 0 Å². The van der Waals surface area contributed by atoms with Crippen LogP contribution in [0, 0.1) is 28.8 Å². The number of nitriles is 1. The molecule has 0 amide bonds. The van der Waals surface area contributed by atoms with Crippen molar-refractivity contribution in [2.24, 2.45) is 0 Å². The monoisotopic (exact) mass is 282 g/mol. The molecule has 0 fully saturated rings. The lowest BCUT2D eigenvalue weighted by atomic mass is 10.2. The van der Waals surface area contributed by atoms with Crippen LogP contribution in [0.4, 0.5) is 24.5 Å². The Labute approximate surface area is 112 Å². The number of hydrogen-bond acceptors (Lipinski definition) is 2. The number of nitrogens with zero attached hydrogens (tertiary/aromatic N) is 1. The predicted octanol–water partition coefficient (Wildman–Crippen LogP) is 4.37. The van der Waals surface area contributed by atoms with Crippen LogP contribution in [0.3, 0.4) is 0 Å². The quantitative estimate of drug-likeness (QED) is 0.830. The van der Waals surface area contributed by atoms with Gasteiger partial charge in [-0.2, -0.15) is 5.26 Å². The van der Waals surface area contributed by atoms with Gasteiger partial charge in [-0.15, -0.1) is 0 Å². The van der Waals surface area contributed by atoms with Gasteiger partial charge in [0.2, 0.25) is 0 Å². The highest BCUT2D eigenvalue weighted by Gasteiger charge is 2.11. The number of benzene rings is 2. The lowest BCUT2D eigenvalue weighted by molar-refractivity contribution is 0.448. The highest BCUT2D eigenvalue weighted by atomic mass is 35.5. The Balaban J connectivity index is 2.32. The number of halogens is 4. The zero-order valence-electron chi connectivity index (χ0n) is 9.35. The summed E-state index contributed by atoms with van der Waals surface area (Å²) in [5.74, 6) is -4.10. The van der Waals surface area contributed by atoms with E-state index in [4.69, 9.17) is 16.9 Å². The first kappa shape index (κ1) is 13.2. The van der Waals surface area contributed by atoms with E-state index >= 15 is 0 Å². The predicted molar refractivity (Wildman–Crippen MR) is 65.8 cm³/mol. The molecular formula is C13H6ClF3N2. The highest BCUT2D eigenvalue weighted by Crippen LogP contribution is 2.25. The van der Waals surface area contributed by atoms with E-state index in [-0.39, 0.29) is 16.3 Å². The molecule has 2 aromatic carbocycles. The zero-order chi connectivity index (χ0) is 14.0. The van der Waals surface area contributed by atoms with Crippen molar-refractivity contribution in [1.82, 2.24) is 0 Å².